The van der Waals surface area contributed by atoms with Gasteiger partial charge in [-0.25, -0.2) is 4.98 Å². The van der Waals surface area contributed by atoms with Crippen molar-refractivity contribution in [1.82, 2.24) is 20.2 Å². The Balaban J connectivity index is 1.71. The minimum absolute atomic E-state index is 0.0544. The number of aromatic nitrogens is 2. The molecule has 1 aromatic heterocycles. The summed E-state index contributed by atoms with van der Waals surface area (Å²) in [6.45, 7) is 6.72. The lowest BCUT2D eigenvalue weighted by molar-refractivity contribution is -0.125. The third-order valence-corrected chi connectivity index (χ3v) is 4.23. The molecule has 1 aliphatic rings. The number of imidazole rings is 1. The number of hydrogen-bond acceptors (Lipinski definition) is 3. The smallest absolute Gasteiger partial charge is 0.242 e. The van der Waals surface area contributed by atoms with Gasteiger partial charge in [-0.2, -0.15) is 0 Å². The molecule has 0 spiro atoms. The molecule has 0 radical (unpaired) electrons. The molecule has 2 heterocycles. The normalized spacial score (nSPS) is 17.7. The van der Waals surface area contributed by atoms with Crippen LogP contribution in [0, 0.1) is 6.92 Å². The van der Waals surface area contributed by atoms with Gasteiger partial charge < -0.3 is 15.2 Å². The number of fused-ring (bicyclic) bond motifs is 1. The van der Waals surface area contributed by atoms with Crippen molar-refractivity contribution in [3.8, 4) is 0 Å². The highest BCUT2D eigenvalue weighted by Gasteiger charge is 2.26. The number of carbonyl (C=O) groups excluding carboxylic acids is 2. The topological polar surface area (TPSA) is 76.0 Å². The van der Waals surface area contributed by atoms with Crippen molar-refractivity contribution in [1.29, 1.82) is 0 Å². The average Bonchev–Trinajstić information content (AvgIpc) is 3.06. The Morgan fingerprint density at radius 3 is 2.91 bits per heavy atom. The van der Waals surface area contributed by atoms with E-state index in [1.54, 1.807) is 0 Å². The quantitative estimate of drug-likeness (QED) is 0.904. The number of benzene rings is 1. The van der Waals surface area contributed by atoms with Crippen LogP contribution in [0.5, 0.6) is 0 Å². The number of rotatable bonds is 4. The second kappa shape index (κ2) is 6.02. The highest BCUT2D eigenvalue weighted by Crippen LogP contribution is 2.21. The fraction of sp³-hybridized carbons (Fsp3) is 0.471. The lowest BCUT2D eigenvalue weighted by atomic mass is 10.1. The van der Waals surface area contributed by atoms with Crippen molar-refractivity contribution in [2.24, 2.45) is 0 Å². The Bertz CT molecular complexity index is 763. The molecular formula is C17H22N4O2. The van der Waals surface area contributed by atoms with E-state index in [1.165, 1.54) is 0 Å². The molecule has 0 saturated carbocycles. The van der Waals surface area contributed by atoms with Gasteiger partial charge in [0.05, 0.1) is 11.0 Å². The number of nitrogens with zero attached hydrogens (tertiary/aromatic N) is 2. The molecule has 2 amide bonds. The van der Waals surface area contributed by atoms with E-state index in [0.29, 0.717) is 25.4 Å². The lowest BCUT2D eigenvalue weighted by Crippen LogP contribution is -2.41. The maximum absolute atomic E-state index is 12.0. The molecule has 6 nitrogen and oxygen atoms in total. The third kappa shape index (κ3) is 3.06. The zero-order chi connectivity index (χ0) is 16.6. The van der Waals surface area contributed by atoms with E-state index in [9.17, 15) is 9.59 Å². The van der Waals surface area contributed by atoms with Gasteiger partial charge in [0.2, 0.25) is 11.8 Å². The van der Waals surface area contributed by atoms with E-state index < -0.39 is 6.04 Å². The number of aryl methyl sites for hydroxylation is 1. The summed E-state index contributed by atoms with van der Waals surface area (Å²) in [7, 11) is 0. The number of hydrogen-bond donors (Lipinski definition) is 2. The van der Waals surface area contributed by atoms with Gasteiger partial charge in [-0.3, -0.25) is 9.59 Å². The monoisotopic (exact) mass is 314 g/mol. The van der Waals surface area contributed by atoms with Gasteiger partial charge >= 0.3 is 0 Å². The van der Waals surface area contributed by atoms with Crippen molar-refractivity contribution >= 4 is 22.8 Å². The van der Waals surface area contributed by atoms with Crippen LogP contribution in [0.1, 0.15) is 44.1 Å². The lowest BCUT2D eigenvalue weighted by Gasteiger charge is -2.12. The maximum atomic E-state index is 12.0. The van der Waals surface area contributed by atoms with Crippen LogP contribution in [0.2, 0.25) is 0 Å². The Kier molecular flexibility index (Phi) is 4.07. The summed E-state index contributed by atoms with van der Waals surface area (Å²) in [5.74, 6) is 0.811. The van der Waals surface area contributed by atoms with Crippen molar-refractivity contribution in [3.05, 3.63) is 29.6 Å². The number of carbonyl (C=O) groups is 2. The van der Waals surface area contributed by atoms with Crippen LogP contribution in [0.25, 0.3) is 11.0 Å². The molecule has 2 aromatic rings. The fourth-order valence-electron chi connectivity index (χ4n) is 3.15. The Morgan fingerprint density at radius 1 is 1.48 bits per heavy atom. The number of amides is 2. The summed E-state index contributed by atoms with van der Waals surface area (Å²) >= 11 is 0. The predicted octanol–water partition coefficient (Wildman–Crippen LogP) is 1.82. The van der Waals surface area contributed by atoms with Crippen LogP contribution in [0.4, 0.5) is 0 Å². The first-order valence-corrected chi connectivity index (χ1v) is 8.00. The van der Waals surface area contributed by atoms with E-state index in [-0.39, 0.29) is 11.8 Å². The highest BCUT2D eigenvalue weighted by atomic mass is 16.2. The molecule has 3 rings (SSSR count). The predicted molar refractivity (Wildman–Crippen MR) is 87.9 cm³/mol. The van der Waals surface area contributed by atoms with Crippen molar-refractivity contribution in [3.63, 3.8) is 0 Å². The molecule has 6 heteroatoms. The molecule has 0 aliphatic carbocycles. The van der Waals surface area contributed by atoms with Crippen LogP contribution >= 0.6 is 0 Å². The van der Waals surface area contributed by atoms with E-state index in [1.807, 2.05) is 25.1 Å². The average molecular weight is 314 g/mol. The van der Waals surface area contributed by atoms with E-state index in [0.717, 1.165) is 22.4 Å². The standard InChI is InChI=1S/C17H22N4O2/c1-10(2)21-11(3)19-14-8-12(4-6-15(14)21)9-18-17(23)13-5-7-16(22)20-13/h4,6,8,10,13H,5,7,9H2,1-3H3,(H,18,23)(H,20,22). The van der Waals surface area contributed by atoms with E-state index in [4.69, 9.17) is 0 Å². The van der Waals surface area contributed by atoms with Gasteiger partial charge in [0, 0.05) is 19.0 Å². The molecule has 122 valence electrons. The second-order valence-electron chi connectivity index (χ2n) is 6.32. The Morgan fingerprint density at radius 2 is 2.26 bits per heavy atom. The van der Waals surface area contributed by atoms with Crippen molar-refractivity contribution in [2.75, 3.05) is 0 Å². The van der Waals surface area contributed by atoms with Crippen molar-refractivity contribution < 1.29 is 9.59 Å². The molecule has 23 heavy (non-hydrogen) atoms. The minimum atomic E-state index is -0.395. The van der Waals surface area contributed by atoms with Crippen LogP contribution in [-0.4, -0.2) is 27.4 Å². The van der Waals surface area contributed by atoms with Crippen LogP contribution in [0.15, 0.2) is 18.2 Å². The Hall–Kier alpha value is -2.37. The highest BCUT2D eigenvalue weighted by molar-refractivity contribution is 5.90. The summed E-state index contributed by atoms with van der Waals surface area (Å²) < 4.78 is 2.20. The maximum Gasteiger partial charge on any atom is 0.242 e. The van der Waals surface area contributed by atoms with E-state index in [2.05, 4.69) is 34.0 Å². The summed E-state index contributed by atoms with van der Waals surface area (Å²) in [5, 5.41) is 5.56. The first-order valence-electron chi connectivity index (χ1n) is 8.00. The first kappa shape index (κ1) is 15.5. The molecule has 1 fully saturated rings. The summed E-state index contributed by atoms with van der Waals surface area (Å²) in [4.78, 5) is 27.8. The number of nitrogens with one attached hydrogen (secondary N) is 2. The van der Waals surface area contributed by atoms with Gasteiger partial charge in [0.15, 0.2) is 0 Å². The first-order chi connectivity index (χ1) is 11.0. The van der Waals surface area contributed by atoms with Crippen LogP contribution in [-0.2, 0) is 16.1 Å². The van der Waals surface area contributed by atoms with Crippen LogP contribution < -0.4 is 10.6 Å². The molecule has 1 saturated heterocycles. The molecule has 1 atom stereocenters. The minimum Gasteiger partial charge on any atom is -0.350 e. The third-order valence-electron chi connectivity index (χ3n) is 4.23. The second-order valence-corrected chi connectivity index (χ2v) is 6.32. The van der Waals surface area contributed by atoms with Crippen molar-refractivity contribution in [2.45, 2.75) is 52.2 Å². The van der Waals surface area contributed by atoms with Gasteiger partial charge in [0.25, 0.3) is 0 Å². The van der Waals surface area contributed by atoms with Gasteiger partial charge in [-0.05, 0) is 44.9 Å². The van der Waals surface area contributed by atoms with Gasteiger partial charge in [0.1, 0.15) is 11.9 Å². The van der Waals surface area contributed by atoms with Gasteiger partial charge in [-0.15, -0.1) is 0 Å². The summed E-state index contributed by atoms with van der Waals surface area (Å²) in [5.41, 5.74) is 3.05. The Labute approximate surface area is 135 Å². The molecule has 2 N–H and O–H groups in total. The summed E-state index contributed by atoms with van der Waals surface area (Å²) in [6.07, 6.45) is 0.998. The SMILES string of the molecule is Cc1nc2cc(CNC(=O)C3CCC(=O)N3)ccc2n1C(C)C. The zero-order valence-electron chi connectivity index (χ0n) is 13.7. The van der Waals surface area contributed by atoms with Gasteiger partial charge in [-0.1, -0.05) is 6.07 Å². The molecule has 1 unspecified atom stereocenters. The fourth-order valence-corrected chi connectivity index (χ4v) is 3.15. The molecular weight excluding hydrogens is 292 g/mol. The summed E-state index contributed by atoms with van der Waals surface area (Å²) in [6, 6.07) is 6.03. The molecule has 0 bridgehead atoms. The molecule has 1 aromatic carbocycles. The largest absolute Gasteiger partial charge is 0.350 e. The van der Waals surface area contributed by atoms with E-state index >= 15 is 0 Å². The van der Waals surface area contributed by atoms with Crippen LogP contribution in [0.3, 0.4) is 0 Å². The zero-order valence-corrected chi connectivity index (χ0v) is 13.7. The molecule has 1 aliphatic heterocycles.